The van der Waals surface area contributed by atoms with Crippen LogP contribution >= 0.6 is 11.6 Å². The molecular formula is C12H19ClN4. The molecule has 1 aromatic rings. The van der Waals surface area contributed by atoms with Gasteiger partial charge in [-0.05, 0) is 26.9 Å². The monoisotopic (exact) mass is 254 g/mol. The quantitative estimate of drug-likeness (QED) is 0.753. The van der Waals surface area contributed by atoms with E-state index in [0.717, 1.165) is 31.1 Å². The molecule has 0 amide bonds. The minimum Gasteiger partial charge on any atom is -0.351 e. The van der Waals surface area contributed by atoms with Crippen LogP contribution in [0.25, 0.3) is 0 Å². The molecule has 4 nitrogen and oxygen atoms in total. The average Bonchev–Trinajstić information content (AvgIpc) is 2.50. The Labute approximate surface area is 108 Å². The Bertz CT molecular complexity index is 354. The van der Waals surface area contributed by atoms with E-state index in [1.165, 1.54) is 6.42 Å². The van der Waals surface area contributed by atoms with Crippen LogP contribution in [0, 0.1) is 0 Å². The van der Waals surface area contributed by atoms with Gasteiger partial charge in [0.25, 0.3) is 0 Å². The lowest BCUT2D eigenvalue weighted by Gasteiger charge is -2.28. The maximum atomic E-state index is 5.72. The standard InChI is InChI=1S/C12H19ClN4/c1-10-9-16(2)4-3-5-17(10)12-8-14-11(6-13)7-15-12/h7-8,10H,3-6,9H2,1-2H3. The molecule has 1 aliphatic heterocycles. The van der Waals surface area contributed by atoms with Crippen LogP contribution in [0.15, 0.2) is 12.4 Å². The van der Waals surface area contributed by atoms with E-state index in [-0.39, 0.29) is 0 Å². The number of hydrogen-bond acceptors (Lipinski definition) is 4. The van der Waals surface area contributed by atoms with Crippen LogP contribution in [0.3, 0.4) is 0 Å². The van der Waals surface area contributed by atoms with Crippen LogP contribution in [-0.2, 0) is 5.88 Å². The zero-order valence-corrected chi connectivity index (χ0v) is 11.2. The summed E-state index contributed by atoms with van der Waals surface area (Å²) in [5, 5.41) is 0. The third-order valence-corrected chi connectivity index (χ3v) is 3.44. The smallest absolute Gasteiger partial charge is 0.147 e. The number of anilines is 1. The number of halogens is 1. The highest BCUT2D eigenvalue weighted by atomic mass is 35.5. The van der Waals surface area contributed by atoms with Crippen molar-refractivity contribution in [3.05, 3.63) is 18.1 Å². The lowest BCUT2D eigenvalue weighted by molar-refractivity contribution is 0.337. The molecule has 0 spiro atoms. The van der Waals surface area contributed by atoms with E-state index in [1.54, 1.807) is 6.20 Å². The fourth-order valence-electron chi connectivity index (χ4n) is 2.28. The molecule has 0 bridgehead atoms. The van der Waals surface area contributed by atoms with E-state index < -0.39 is 0 Å². The molecule has 0 radical (unpaired) electrons. The topological polar surface area (TPSA) is 32.3 Å². The highest BCUT2D eigenvalue weighted by molar-refractivity contribution is 6.16. The SMILES string of the molecule is CC1CN(C)CCCN1c1cnc(CCl)cn1. The zero-order valence-electron chi connectivity index (χ0n) is 10.4. The maximum absolute atomic E-state index is 5.72. The van der Waals surface area contributed by atoms with Crippen molar-refractivity contribution in [3.8, 4) is 0 Å². The van der Waals surface area contributed by atoms with Crippen LogP contribution in [0.2, 0.25) is 0 Å². The molecule has 1 aromatic heterocycles. The first-order valence-corrected chi connectivity index (χ1v) is 6.56. The zero-order chi connectivity index (χ0) is 12.3. The molecule has 0 N–H and O–H groups in total. The number of hydrogen-bond donors (Lipinski definition) is 0. The molecule has 2 heterocycles. The Morgan fingerprint density at radius 3 is 2.82 bits per heavy atom. The maximum Gasteiger partial charge on any atom is 0.147 e. The van der Waals surface area contributed by atoms with Gasteiger partial charge in [0.1, 0.15) is 5.82 Å². The first kappa shape index (κ1) is 12.6. The van der Waals surface area contributed by atoms with Gasteiger partial charge in [-0.15, -0.1) is 11.6 Å². The van der Waals surface area contributed by atoms with Crippen molar-refractivity contribution in [3.63, 3.8) is 0 Å². The van der Waals surface area contributed by atoms with Gasteiger partial charge in [0.15, 0.2) is 0 Å². The minimum absolute atomic E-state index is 0.422. The fourth-order valence-corrected chi connectivity index (χ4v) is 2.42. The fraction of sp³-hybridized carbons (Fsp3) is 0.667. The Balaban J connectivity index is 2.13. The predicted molar refractivity (Wildman–Crippen MR) is 70.5 cm³/mol. The van der Waals surface area contributed by atoms with E-state index in [0.29, 0.717) is 11.9 Å². The van der Waals surface area contributed by atoms with Crippen LogP contribution in [0.4, 0.5) is 5.82 Å². The molecule has 94 valence electrons. The first-order chi connectivity index (χ1) is 8.20. The molecule has 1 fully saturated rings. The second-order valence-electron chi connectivity index (χ2n) is 4.66. The highest BCUT2D eigenvalue weighted by Gasteiger charge is 2.20. The van der Waals surface area contributed by atoms with Crippen molar-refractivity contribution in [1.82, 2.24) is 14.9 Å². The van der Waals surface area contributed by atoms with Gasteiger partial charge in [-0.1, -0.05) is 0 Å². The van der Waals surface area contributed by atoms with Gasteiger partial charge < -0.3 is 9.80 Å². The molecule has 0 aromatic carbocycles. The van der Waals surface area contributed by atoms with Crippen molar-refractivity contribution in [2.75, 3.05) is 31.6 Å². The number of nitrogens with zero attached hydrogens (tertiary/aromatic N) is 4. The van der Waals surface area contributed by atoms with Gasteiger partial charge in [0.05, 0.1) is 24.0 Å². The van der Waals surface area contributed by atoms with E-state index in [2.05, 4.69) is 33.7 Å². The first-order valence-electron chi connectivity index (χ1n) is 6.03. The molecule has 1 unspecified atom stereocenters. The third-order valence-electron chi connectivity index (χ3n) is 3.17. The average molecular weight is 255 g/mol. The summed E-state index contributed by atoms with van der Waals surface area (Å²) in [5.41, 5.74) is 0.829. The Kier molecular flexibility index (Phi) is 4.18. The lowest BCUT2D eigenvalue weighted by Crippen LogP contribution is -2.38. The van der Waals surface area contributed by atoms with Gasteiger partial charge in [0.2, 0.25) is 0 Å². The number of alkyl halides is 1. The summed E-state index contributed by atoms with van der Waals surface area (Å²) in [7, 11) is 2.17. The van der Waals surface area contributed by atoms with E-state index in [4.69, 9.17) is 11.6 Å². The summed E-state index contributed by atoms with van der Waals surface area (Å²) in [4.78, 5) is 13.5. The Morgan fingerprint density at radius 1 is 1.35 bits per heavy atom. The molecule has 17 heavy (non-hydrogen) atoms. The molecular weight excluding hydrogens is 236 g/mol. The van der Waals surface area contributed by atoms with E-state index in [9.17, 15) is 0 Å². The molecule has 1 saturated heterocycles. The Morgan fingerprint density at radius 2 is 2.18 bits per heavy atom. The molecule has 0 saturated carbocycles. The van der Waals surface area contributed by atoms with Crippen molar-refractivity contribution < 1.29 is 0 Å². The summed E-state index contributed by atoms with van der Waals surface area (Å²) in [6.07, 6.45) is 4.77. The summed E-state index contributed by atoms with van der Waals surface area (Å²) >= 11 is 5.72. The summed E-state index contributed by atoms with van der Waals surface area (Å²) in [5.74, 6) is 1.38. The van der Waals surface area contributed by atoms with E-state index >= 15 is 0 Å². The van der Waals surface area contributed by atoms with Crippen molar-refractivity contribution >= 4 is 17.4 Å². The van der Waals surface area contributed by atoms with E-state index in [1.807, 2.05) is 6.20 Å². The van der Waals surface area contributed by atoms with Crippen LogP contribution in [0.5, 0.6) is 0 Å². The van der Waals surface area contributed by atoms with Gasteiger partial charge in [-0.2, -0.15) is 0 Å². The normalized spacial score (nSPS) is 22.5. The highest BCUT2D eigenvalue weighted by Crippen LogP contribution is 2.17. The summed E-state index contributed by atoms with van der Waals surface area (Å²) in [6, 6.07) is 0.471. The third kappa shape index (κ3) is 3.07. The second-order valence-corrected chi connectivity index (χ2v) is 4.93. The summed E-state index contributed by atoms with van der Waals surface area (Å²) < 4.78 is 0. The molecule has 1 atom stereocenters. The van der Waals surface area contributed by atoms with Crippen LogP contribution in [-0.4, -0.2) is 47.6 Å². The van der Waals surface area contributed by atoms with Gasteiger partial charge in [-0.3, -0.25) is 4.98 Å². The van der Waals surface area contributed by atoms with Crippen molar-refractivity contribution in [1.29, 1.82) is 0 Å². The van der Waals surface area contributed by atoms with Gasteiger partial charge in [0, 0.05) is 19.1 Å². The number of aromatic nitrogens is 2. The van der Waals surface area contributed by atoms with Gasteiger partial charge in [-0.25, -0.2) is 4.98 Å². The lowest BCUT2D eigenvalue weighted by atomic mass is 10.3. The van der Waals surface area contributed by atoms with Crippen LogP contribution < -0.4 is 4.90 Å². The minimum atomic E-state index is 0.422. The molecule has 2 rings (SSSR count). The molecule has 5 heteroatoms. The predicted octanol–water partition coefficient (Wildman–Crippen LogP) is 1.75. The van der Waals surface area contributed by atoms with Crippen molar-refractivity contribution in [2.45, 2.75) is 25.3 Å². The molecule has 0 aliphatic carbocycles. The second kappa shape index (κ2) is 5.65. The number of rotatable bonds is 2. The number of likely N-dealkylation sites (N-methyl/N-ethyl adjacent to an activating group) is 1. The van der Waals surface area contributed by atoms with Gasteiger partial charge >= 0.3 is 0 Å². The largest absolute Gasteiger partial charge is 0.351 e. The summed E-state index contributed by atoms with van der Waals surface area (Å²) in [6.45, 7) is 5.49. The van der Waals surface area contributed by atoms with Crippen molar-refractivity contribution in [2.24, 2.45) is 0 Å². The van der Waals surface area contributed by atoms with Crippen LogP contribution in [0.1, 0.15) is 19.0 Å². The Hall–Kier alpha value is -0.870. The molecule has 1 aliphatic rings.